The van der Waals surface area contributed by atoms with Crippen LogP contribution in [-0.4, -0.2) is 12.6 Å². The van der Waals surface area contributed by atoms with Crippen LogP contribution in [0.4, 0.5) is 0 Å². The Hall–Kier alpha value is -2.00. The van der Waals surface area contributed by atoms with Gasteiger partial charge in [0.05, 0.1) is 17.2 Å². The van der Waals surface area contributed by atoms with Crippen LogP contribution in [0.5, 0.6) is 11.5 Å². The molecule has 0 spiro atoms. The molecule has 0 atom stereocenters. The summed E-state index contributed by atoms with van der Waals surface area (Å²) in [5.41, 5.74) is 1.77. The molecular weight excluding hydrogens is 456 g/mol. The zero-order chi connectivity index (χ0) is 24.7. The first-order chi connectivity index (χ1) is 17.2. The molecule has 0 N–H and O–H groups in total. The maximum atomic E-state index is 12.6. The highest BCUT2D eigenvalue weighted by molar-refractivity contribution is 6.32. The summed E-state index contributed by atoms with van der Waals surface area (Å²) in [6, 6.07) is 13.1. The molecule has 0 amide bonds. The summed E-state index contributed by atoms with van der Waals surface area (Å²) in [6.07, 6.45) is 19.4. The Labute approximate surface area is 217 Å². The van der Waals surface area contributed by atoms with Crippen molar-refractivity contribution < 1.29 is 14.3 Å². The van der Waals surface area contributed by atoms with E-state index in [4.69, 9.17) is 21.1 Å². The fraction of sp³-hybridized carbons (Fsp3) is 0.581. The molecule has 0 aromatic heterocycles. The molecule has 0 radical (unpaired) electrons. The number of carbonyl (C=O) groups is 1. The van der Waals surface area contributed by atoms with Gasteiger partial charge in [0.15, 0.2) is 0 Å². The first-order valence-electron chi connectivity index (χ1n) is 13.9. The Morgan fingerprint density at radius 3 is 2.09 bits per heavy atom. The molecule has 0 heterocycles. The second-order valence-corrected chi connectivity index (χ2v) is 10.4. The normalized spacial score (nSPS) is 14.1. The van der Waals surface area contributed by atoms with Crippen molar-refractivity contribution in [3.05, 3.63) is 58.6 Å². The second kappa shape index (κ2) is 15.9. The fourth-order valence-electron chi connectivity index (χ4n) is 4.93. The number of benzene rings is 2. The van der Waals surface area contributed by atoms with Gasteiger partial charge in [0, 0.05) is 0 Å². The summed E-state index contributed by atoms with van der Waals surface area (Å²) < 4.78 is 11.4. The third kappa shape index (κ3) is 9.88. The maximum absolute atomic E-state index is 12.6. The largest absolute Gasteiger partial charge is 0.492 e. The van der Waals surface area contributed by atoms with Gasteiger partial charge in [0.25, 0.3) is 0 Å². The van der Waals surface area contributed by atoms with Crippen molar-refractivity contribution in [3.8, 4) is 11.5 Å². The van der Waals surface area contributed by atoms with Crippen molar-refractivity contribution in [2.75, 3.05) is 6.61 Å². The Bertz CT molecular complexity index is 871. The van der Waals surface area contributed by atoms with Gasteiger partial charge in [-0.3, -0.25) is 0 Å². The molecule has 0 unspecified atom stereocenters. The first-order valence-corrected chi connectivity index (χ1v) is 14.3. The summed E-state index contributed by atoms with van der Waals surface area (Å²) in [7, 11) is 0. The summed E-state index contributed by atoms with van der Waals surface area (Å²) in [6.45, 7) is 2.91. The summed E-state index contributed by atoms with van der Waals surface area (Å²) in [5.74, 6) is 1.42. The zero-order valence-corrected chi connectivity index (χ0v) is 22.3. The van der Waals surface area contributed by atoms with Crippen molar-refractivity contribution in [1.82, 2.24) is 0 Å². The lowest BCUT2D eigenvalue weighted by Gasteiger charge is -2.22. The van der Waals surface area contributed by atoms with Crippen LogP contribution in [-0.2, 0) is 0 Å². The topological polar surface area (TPSA) is 35.5 Å². The molecular formula is C31H43ClO3. The third-order valence-electron chi connectivity index (χ3n) is 7.09. The average Bonchev–Trinajstić information content (AvgIpc) is 2.89. The molecule has 1 saturated carbocycles. The fourth-order valence-corrected chi connectivity index (χ4v) is 5.16. The lowest BCUT2D eigenvalue weighted by Crippen LogP contribution is -2.09. The molecule has 0 saturated heterocycles. The van der Waals surface area contributed by atoms with E-state index in [0.29, 0.717) is 34.6 Å². The maximum Gasteiger partial charge on any atom is 0.343 e. The van der Waals surface area contributed by atoms with E-state index in [1.165, 1.54) is 95.5 Å². The number of carbonyl (C=O) groups excluding carboxylic acids is 1. The second-order valence-electron chi connectivity index (χ2n) is 9.97. The molecule has 3 nitrogen and oxygen atoms in total. The number of halogens is 1. The van der Waals surface area contributed by atoms with Crippen LogP contribution in [0.25, 0.3) is 0 Å². The van der Waals surface area contributed by atoms with Crippen LogP contribution < -0.4 is 9.47 Å². The van der Waals surface area contributed by atoms with Crippen LogP contribution in [0.15, 0.2) is 42.5 Å². The molecule has 2 aromatic carbocycles. The average molecular weight is 499 g/mol. The molecule has 0 aliphatic heterocycles. The predicted octanol–water partition coefficient (Wildman–Crippen LogP) is 9.91. The molecule has 0 bridgehead atoms. The lowest BCUT2D eigenvalue weighted by molar-refractivity contribution is 0.0734. The van der Waals surface area contributed by atoms with Crippen LogP contribution in [0, 0.1) is 0 Å². The zero-order valence-electron chi connectivity index (χ0n) is 21.5. The Morgan fingerprint density at radius 1 is 0.829 bits per heavy atom. The number of hydrogen-bond acceptors (Lipinski definition) is 3. The minimum absolute atomic E-state index is 0.404. The Morgan fingerprint density at radius 2 is 1.46 bits per heavy atom. The van der Waals surface area contributed by atoms with Crippen LogP contribution in [0.3, 0.4) is 0 Å². The lowest BCUT2D eigenvalue weighted by atomic mass is 9.84. The van der Waals surface area contributed by atoms with Crippen molar-refractivity contribution in [2.45, 2.75) is 109 Å². The SMILES string of the molecule is CCCCCCCCCCCCOc1ccc(C(=O)Oc2ccc(C3CCCCC3)cc2)cc1Cl. The Kier molecular flexibility index (Phi) is 12.5. The number of hydrogen-bond donors (Lipinski definition) is 0. The molecule has 4 heteroatoms. The van der Waals surface area contributed by atoms with E-state index in [-0.39, 0.29) is 0 Å². The number of esters is 1. The number of unbranched alkanes of at least 4 members (excludes halogenated alkanes) is 9. The van der Waals surface area contributed by atoms with Crippen molar-refractivity contribution >= 4 is 17.6 Å². The molecule has 192 valence electrons. The van der Waals surface area contributed by atoms with Gasteiger partial charge >= 0.3 is 5.97 Å². The van der Waals surface area contributed by atoms with Gasteiger partial charge in [-0.25, -0.2) is 4.79 Å². The van der Waals surface area contributed by atoms with E-state index in [1.54, 1.807) is 18.2 Å². The molecule has 1 fully saturated rings. The number of ether oxygens (including phenoxy) is 2. The number of rotatable bonds is 15. The standard InChI is InChI=1S/C31H43ClO3/c1-2-3-4-5-6-7-8-9-10-14-23-34-30-22-19-27(24-29(30)32)31(33)35-28-20-17-26(18-21-28)25-15-12-11-13-16-25/h17-22,24-25H,2-16,23H2,1H3. The van der Waals surface area contributed by atoms with E-state index < -0.39 is 5.97 Å². The van der Waals surface area contributed by atoms with Crippen LogP contribution >= 0.6 is 11.6 Å². The van der Waals surface area contributed by atoms with Gasteiger partial charge in [0.2, 0.25) is 0 Å². The van der Waals surface area contributed by atoms with Gasteiger partial charge in [-0.15, -0.1) is 0 Å². The minimum Gasteiger partial charge on any atom is -0.492 e. The van der Waals surface area contributed by atoms with Crippen molar-refractivity contribution in [3.63, 3.8) is 0 Å². The van der Waals surface area contributed by atoms with Crippen molar-refractivity contribution in [2.24, 2.45) is 0 Å². The van der Waals surface area contributed by atoms with E-state index in [0.717, 1.165) is 6.42 Å². The molecule has 35 heavy (non-hydrogen) atoms. The summed E-state index contributed by atoms with van der Waals surface area (Å²) >= 11 is 6.38. The van der Waals surface area contributed by atoms with Crippen LogP contribution in [0.1, 0.15) is 125 Å². The van der Waals surface area contributed by atoms with Crippen molar-refractivity contribution in [1.29, 1.82) is 0 Å². The van der Waals surface area contributed by atoms with Gasteiger partial charge in [-0.1, -0.05) is 108 Å². The Balaban J connectivity index is 1.35. The van der Waals surface area contributed by atoms with E-state index in [1.807, 2.05) is 12.1 Å². The third-order valence-corrected chi connectivity index (χ3v) is 7.39. The van der Waals surface area contributed by atoms with Gasteiger partial charge in [0.1, 0.15) is 11.5 Å². The summed E-state index contributed by atoms with van der Waals surface area (Å²) in [5, 5.41) is 0.444. The highest BCUT2D eigenvalue weighted by Crippen LogP contribution is 2.33. The molecule has 2 aromatic rings. The highest BCUT2D eigenvalue weighted by Gasteiger charge is 2.16. The van der Waals surface area contributed by atoms with E-state index in [9.17, 15) is 4.79 Å². The van der Waals surface area contributed by atoms with E-state index in [2.05, 4.69) is 19.1 Å². The predicted molar refractivity (Wildman–Crippen MR) is 146 cm³/mol. The summed E-state index contributed by atoms with van der Waals surface area (Å²) in [4.78, 5) is 12.6. The monoisotopic (exact) mass is 498 g/mol. The van der Waals surface area contributed by atoms with Gasteiger partial charge < -0.3 is 9.47 Å². The molecule has 1 aliphatic rings. The van der Waals surface area contributed by atoms with Crippen LogP contribution in [0.2, 0.25) is 5.02 Å². The van der Waals surface area contributed by atoms with E-state index >= 15 is 0 Å². The first kappa shape index (κ1) is 27.6. The molecule has 1 aliphatic carbocycles. The smallest absolute Gasteiger partial charge is 0.343 e. The minimum atomic E-state index is -0.404. The van der Waals surface area contributed by atoms with Gasteiger partial charge in [-0.05, 0) is 61.1 Å². The molecule has 3 rings (SSSR count). The quantitative estimate of drug-likeness (QED) is 0.139. The van der Waals surface area contributed by atoms with Gasteiger partial charge in [-0.2, -0.15) is 0 Å². The highest BCUT2D eigenvalue weighted by atomic mass is 35.5.